The molecule has 1 saturated carbocycles. The Kier molecular flexibility index (Phi) is 6.07. The van der Waals surface area contributed by atoms with E-state index in [-0.39, 0.29) is 36.9 Å². The number of nitrogens with one attached hydrogen (secondary N) is 2. The number of ether oxygens (including phenoxy) is 2. The molecule has 0 radical (unpaired) electrons. The van der Waals surface area contributed by atoms with Crippen LogP contribution in [0.15, 0.2) is 12.1 Å². The molecule has 1 aliphatic carbocycles. The summed E-state index contributed by atoms with van der Waals surface area (Å²) in [5.41, 5.74) is 1.31. The lowest BCUT2D eigenvalue weighted by atomic mass is 9.98. The highest BCUT2D eigenvalue weighted by Crippen LogP contribution is 2.36. The molecule has 8 nitrogen and oxygen atoms in total. The number of imide groups is 1. The third-order valence-electron chi connectivity index (χ3n) is 6.34. The second kappa shape index (κ2) is 8.77. The minimum absolute atomic E-state index is 0.125. The Morgan fingerprint density at radius 1 is 1.32 bits per heavy atom. The molecule has 4 amide bonds. The summed E-state index contributed by atoms with van der Waals surface area (Å²) in [6, 6.07) is 3.61. The molecule has 3 aliphatic rings. The van der Waals surface area contributed by atoms with Gasteiger partial charge in [-0.15, -0.1) is 0 Å². The molecule has 2 fully saturated rings. The topological polar surface area (TPSA) is 97.0 Å². The van der Waals surface area contributed by atoms with E-state index in [1.54, 1.807) is 0 Å². The summed E-state index contributed by atoms with van der Waals surface area (Å²) in [4.78, 5) is 38.5. The summed E-state index contributed by atoms with van der Waals surface area (Å²) in [6.07, 6.45) is 5.00. The number of carbonyl (C=O) groups is 3. The molecule has 0 aromatic heterocycles. The predicted molar refractivity (Wildman–Crippen MR) is 114 cm³/mol. The highest BCUT2D eigenvalue weighted by atomic mass is 16.5. The molecule has 1 saturated heterocycles. The van der Waals surface area contributed by atoms with E-state index in [4.69, 9.17) is 9.47 Å². The predicted octanol–water partition coefficient (Wildman–Crippen LogP) is 2.67. The Morgan fingerprint density at radius 3 is 2.84 bits per heavy atom. The highest BCUT2D eigenvalue weighted by Gasteiger charge is 2.52. The molecule has 2 heterocycles. The van der Waals surface area contributed by atoms with Gasteiger partial charge >= 0.3 is 6.03 Å². The Hall–Kier alpha value is -2.77. The van der Waals surface area contributed by atoms with E-state index in [1.807, 2.05) is 26.0 Å². The number of fused-ring (bicyclic) bond motifs is 1. The average Bonchev–Trinajstić information content (AvgIpc) is 3.40. The molecule has 8 heteroatoms. The van der Waals surface area contributed by atoms with Crippen molar-refractivity contribution < 1.29 is 23.9 Å². The fraction of sp³-hybridized carbons (Fsp3) is 0.609. The smallest absolute Gasteiger partial charge is 0.325 e. The van der Waals surface area contributed by atoms with Gasteiger partial charge < -0.3 is 20.1 Å². The zero-order valence-electron chi connectivity index (χ0n) is 18.3. The van der Waals surface area contributed by atoms with Crippen LogP contribution in [0.25, 0.3) is 0 Å². The molecule has 31 heavy (non-hydrogen) atoms. The Labute approximate surface area is 182 Å². The molecular weight excluding hydrogens is 398 g/mol. The highest BCUT2D eigenvalue weighted by molar-refractivity contribution is 6.07. The van der Waals surface area contributed by atoms with Crippen molar-refractivity contribution in [2.24, 2.45) is 0 Å². The maximum absolute atomic E-state index is 12.7. The fourth-order valence-corrected chi connectivity index (χ4v) is 4.79. The van der Waals surface area contributed by atoms with E-state index in [0.717, 1.165) is 41.9 Å². The van der Waals surface area contributed by atoms with Crippen molar-refractivity contribution >= 4 is 17.8 Å². The molecule has 1 aromatic rings. The summed E-state index contributed by atoms with van der Waals surface area (Å²) in [5, 5.41) is 5.78. The van der Waals surface area contributed by atoms with Crippen molar-refractivity contribution in [2.75, 3.05) is 13.2 Å². The average molecular weight is 430 g/mol. The van der Waals surface area contributed by atoms with Crippen LogP contribution < -0.4 is 20.1 Å². The van der Waals surface area contributed by atoms with Gasteiger partial charge in [0.15, 0.2) is 0 Å². The van der Waals surface area contributed by atoms with Crippen LogP contribution in [-0.2, 0) is 22.6 Å². The van der Waals surface area contributed by atoms with Gasteiger partial charge in [0.1, 0.15) is 23.1 Å². The van der Waals surface area contributed by atoms with Gasteiger partial charge in [-0.3, -0.25) is 14.5 Å². The second-order valence-electron chi connectivity index (χ2n) is 8.69. The van der Waals surface area contributed by atoms with Crippen LogP contribution in [0.4, 0.5) is 4.79 Å². The largest absolute Gasteiger partial charge is 0.494 e. The first-order chi connectivity index (χ1) is 14.9. The van der Waals surface area contributed by atoms with E-state index in [9.17, 15) is 14.4 Å². The summed E-state index contributed by atoms with van der Waals surface area (Å²) in [5.74, 6) is 1.35. The summed E-state index contributed by atoms with van der Waals surface area (Å²) in [7, 11) is 0. The minimum Gasteiger partial charge on any atom is -0.494 e. The SMILES string of the molecule is CCOc1cc2c(cc1CNC(=O)CCCN1C(=O)NC3(CCCC3)C1=O)O[C@H](C)C2. The van der Waals surface area contributed by atoms with Gasteiger partial charge in [0.05, 0.1) is 6.61 Å². The quantitative estimate of drug-likeness (QED) is 0.620. The number of amides is 4. The lowest BCUT2D eigenvalue weighted by Gasteiger charge is -2.20. The summed E-state index contributed by atoms with van der Waals surface area (Å²) < 4.78 is 11.6. The van der Waals surface area contributed by atoms with Crippen molar-refractivity contribution in [3.63, 3.8) is 0 Å². The summed E-state index contributed by atoms with van der Waals surface area (Å²) in [6.45, 7) is 5.10. The van der Waals surface area contributed by atoms with Gasteiger partial charge in [-0.2, -0.15) is 0 Å². The Bertz CT molecular complexity index is 878. The number of urea groups is 1. The van der Waals surface area contributed by atoms with Crippen LogP contribution in [0, 0.1) is 0 Å². The molecule has 1 atom stereocenters. The van der Waals surface area contributed by atoms with E-state index >= 15 is 0 Å². The van der Waals surface area contributed by atoms with Crippen LogP contribution in [0.1, 0.15) is 63.5 Å². The van der Waals surface area contributed by atoms with Crippen molar-refractivity contribution in [1.82, 2.24) is 15.5 Å². The van der Waals surface area contributed by atoms with Crippen LogP contribution in [0.2, 0.25) is 0 Å². The first kappa shape index (κ1) is 21.5. The molecule has 2 aliphatic heterocycles. The molecule has 168 valence electrons. The first-order valence-corrected chi connectivity index (χ1v) is 11.3. The lowest BCUT2D eigenvalue weighted by molar-refractivity contribution is -0.131. The molecule has 0 bridgehead atoms. The van der Waals surface area contributed by atoms with E-state index in [1.165, 1.54) is 4.90 Å². The van der Waals surface area contributed by atoms with Crippen molar-refractivity contribution in [3.05, 3.63) is 23.3 Å². The number of nitrogens with zero attached hydrogens (tertiary/aromatic N) is 1. The van der Waals surface area contributed by atoms with Crippen LogP contribution >= 0.6 is 0 Å². The molecule has 4 rings (SSSR count). The van der Waals surface area contributed by atoms with Gasteiger partial charge in [0.25, 0.3) is 5.91 Å². The third kappa shape index (κ3) is 4.34. The van der Waals surface area contributed by atoms with Gasteiger partial charge in [0, 0.05) is 37.1 Å². The zero-order valence-corrected chi connectivity index (χ0v) is 18.3. The molecule has 2 N–H and O–H groups in total. The van der Waals surface area contributed by atoms with E-state index < -0.39 is 5.54 Å². The minimum atomic E-state index is -0.692. The molecule has 1 spiro atoms. The van der Waals surface area contributed by atoms with Gasteiger partial charge in [0.2, 0.25) is 5.91 Å². The monoisotopic (exact) mass is 429 g/mol. The van der Waals surface area contributed by atoms with Crippen LogP contribution in [0.3, 0.4) is 0 Å². The maximum Gasteiger partial charge on any atom is 0.325 e. The van der Waals surface area contributed by atoms with E-state index in [2.05, 4.69) is 10.6 Å². The number of hydrogen-bond donors (Lipinski definition) is 2. The first-order valence-electron chi connectivity index (χ1n) is 11.3. The van der Waals surface area contributed by atoms with E-state index in [0.29, 0.717) is 32.4 Å². The van der Waals surface area contributed by atoms with Gasteiger partial charge in [-0.25, -0.2) is 4.79 Å². The molecule has 1 aromatic carbocycles. The molecular formula is C23H31N3O5. The van der Waals surface area contributed by atoms with Gasteiger partial charge in [-0.1, -0.05) is 12.8 Å². The third-order valence-corrected chi connectivity index (χ3v) is 6.34. The van der Waals surface area contributed by atoms with Crippen molar-refractivity contribution in [2.45, 2.75) is 77.0 Å². The lowest BCUT2D eigenvalue weighted by Crippen LogP contribution is -2.44. The van der Waals surface area contributed by atoms with Crippen LogP contribution in [0.5, 0.6) is 11.5 Å². The number of hydrogen-bond acceptors (Lipinski definition) is 5. The van der Waals surface area contributed by atoms with Crippen molar-refractivity contribution in [3.8, 4) is 11.5 Å². The number of carbonyl (C=O) groups excluding carboxylic acids is 3. The molecule has 0 unspecified atom stereocenters. The fourth-order valence-electron chi connectivity index (χ4n) is 4.79. The number of rotatable bonds is 8. The van der Waals surface area contributed by atoms with Crippen LogP contribution in [-0.4, -0.2) is 47.5 Å². The normalized spacial score (nSPS) is 21.2. The Balaban J connectivity index is 1.28. The second-order valence-corrected chi connectivity index (χ2v) is 8.69. The maximum atomic E-state index is 12.7. The van der Waals surface area contributed by atoms with Crippen molar-refractivity contribution in [1.29, 1.82) is 0 Å². The standard InChI is InChI=1S/C23H31N3O5/c1-3-30-18-12-16-11-15(2)31-19(16)13-17(18)14-24-20(27)7-6-10-26-21(28)23(25-22(26)29)8-4-5-9-23/h12-13,15H,3-11,14H2,1-2H3,(H,24,27)(H,25,29)/t15-/m1/s1. The number of benzene rings is 1. The van der Waals surface area contributed by atoms with Gasteiger partial charge in [-0.05, 0) is 45.2 Å². The Morgan fingerprint density at radius 2 is 2.10 bits per heavy atom. The summed E-state index contributed by atoms with van der Waals surface area (Å²) >= 11 is 0. The zero-order chi connectivity index (χ0) is 22.0.